The van der Waals surface area contributed by atoms with Gasteiger partial charge in [0.1, 0.15) is 5.75 Å². The van der Waals surface area contributed by atoms with E-state index in [4.69, 9.17) is 14.7 Å². The molecule has 0 bridgehead atoms. The Balaban J connectivity index is 2.43. The summed E-state index contributed by atoms with van der Waals surface area (Å²) in [6, 6.07) is 7.60. The average Bonchev–Trinajstić information content (AvgIpc) is 2.42. The molecule has 0 amide bonds. The van der Waals surface area contributed by atoms with Crippen molar-refractivity contribution >= 4 is 0 Å². The predicted molar refractivity (Wildman–Crippen MR) is 70.5 cm³/mol. The summed E-state index contributed by atoms with van der Waals surface area (Å²) >= 11 is 0. The maximum atomic E-state index is 8.87. The van der Waals surface area contributed by atoms with Crippen LogP contribution in [0.3, 0.4) is 0 Å². The molecule has 0 radical (unpaired) electrons. The van der Waals surface area contributed by atoms with E-state index in [1.165, 1.54) is 0 Å². The van der Waals surface area contributed by atoms with E-state index in [0.29, 0.717) is 12.1 Å². The monoisotopic (exact) mass is 248 g/mol. The van der Waals surface area contributed by atoms with Crippen molar-refractivity contribution in [1.29, 1.82) is 5.26 Å². The fraction of sp³-hybridized carbons (Fsp3) is 0.500. The van der Waals surface area contributed by atoms with Crippen LogP contribution in [0.2, 0.25) is 0 Å². The molecule has 0 aromatic heterocycles. The summed E-state index contributed by atoms with van der Waals surface area (Å²) in [4.78, 5) is 0. The first kappa shape index (κ1) is 14.5. The number of hydrogen-bond acceptors (Lipinski definition) is 4. The molecule has 0 spiro atoms. The number of unbranched alkanes of at least 4 members (excludes halogenated alkanes) is 1. The Kier molecular flexibility index (Phi) is 6.85. The van der Waals surface area contributed by atoms with Crippen LogP contribution in [0.25, 0.3) is 0 Å². The van der Waals surface area contributed by atoms with Gasteiger partial charge in [0.15, 0.2) is 0 Å². The number of nitriles is 1. The Morgan fingerprint density at radius 1 is 1.28 bits per heavy atom. The van der Waals surface area contributed by atoms with E-state index in [-0.39, 0.29) is 0 Å². The van der Waals surface area contributed by atoms with Gasteiger partial charge in [0, 0.05) is 25.8 Å². The van der Waals surface area contributed by atoms with E-state index < -0.39 is 0 Å². The molecule has 0 aliphatic carbocycles. The molecule has 0 atom stereocenters. The summed E-state index contributed by atoms with van der Waals surface area (Å²) in [5.74, 6) is 0.818. The maximum absolute atomic E-state index is 8.87. The molecular weight excluding hydrogens is 228 g/mol. The first-order valence-electron chi connectivity index (χ1n) is 6.08. The molecule has 98 valence electrons. The van der Waals surface area contributed by atoms with E-state index in [0.717, 1.165) is 37.3 Å². The van der Waals surface area contributed by atoms with Crippen molar-refractivity contribution < 1.29 is 9.47 Å². The number of ether oxygens (including phenoxy) is 2. The smallest absolute Gasteiger partial charge is 0.123 e. The van der Waals surface area contributed by atoms with Gasteiger partial charge in [-0.05, 0) is 37.6 Å². The first-order chi connectivity index (χ1) is 8.81. The molecule has 4 nitrogen and oxygen atoms in total. The van der Waals surface area contributed by atoms with Gasteiger partial charge < -0.3 is 14.8 Å². The van der Waals surface area contributed by atoms with Crippen molar-refractivity contribution in [1.82, 2.24) is 5.32 Å². The summed E-state index contributed by atoms with van der Waals surface area (Å²) in [5.41, 5.74) is 1.68. The quantitative estimate of drug-likeness (QED) is 0.716. The molecule has 1 N–H and O–H groups in total. The highest BCUT2D eigenvalue weighted by Crippen LogP contribution is 2.19. The largest absolute Gasteiger partial charge is 0.496 e. The van der Waals surface area contributed by atoms with Gasteiger partial charge in [-0.3, -0.25) is 0 Å². The fourth-order valence-corrected chi connectivity index (χ4v) is 1.71. The van der Waals surface area contributed by atoms with Crippen LogP contribution in [-0.2, 0) is 11.3 Å². The number of nitrogens with zero attached hydrogens (tertiary/aromatic N) is 1. The highest BCUT2D eigenvalue weighted by Gasteiger charge is 2.03. The highest BCUT2D eigenvalue weighted by atomic mass is 16.5. The zero-order valence-corrected chi connectivity index (χ0v) is 11.0. The Morgan fingerprint density at radius 3 is 2.78 bits per heavy atom. The molecule has 1 aromatic rings. The standard InChI is InChI=1S/C14H20N2O2/c1-17-8-4-3-7-16-11-13-9-12(10-15)5-6-14(13)18-2/h5-6,9,16H,3-4,7-8,11H2,1-2H3. The summed E-state index contributed by atoms with van der Waals surface area (Å²) in [6.07, 6.45) is 2.13. The number of hydrogen-bond donors (Lipinski definition) is 1. The lowest BCUT2D eigenvalue weighted by Crippen LogP contribution is -2.15. The fourth-order valence-electron chi connectivity index (χ4n) is 1.71. The lowest BCUT2D eigenvalue weighted by Gasteiger charge is -2.10. The van der Waals surface area contributed by atoms with Crippen molar-refractivity contribution in [3.05, 3.63) is 29.3 Å². The Morgan fingerprint density at radius 2 is 2.11 bits per heavy atom. The number of rotatable bonds is 8. The van der Waals surface area contributed by atoms with Crippen LogP contribution >= 0.6 is 0 Å². The minimum atomic E-state index is 0.659. The molecule has 0 aliphatic rings. The molecule has 1 aromatic carbocycles. The summed E-state index contributed by atoms with van der Waals surface area (Å²) in [6.45, 7) is 2.45. The van der Waals surface area contributed by atoms with Gasteiger partial charge in [-0.2, -0.15) is 5.26 Å². The van der Waals surface area contributed by atoms with Gasteiger partial charge in [-0.1, -0.05) is 0 Å². The summed E-state index contributed by atoms with van der Waals surface area (Å²) < 4.78 is 10.3. The van der Waals surface area contributed by atoms with Gasteiger partial charge in [0.25, 0.3) is 0 Å². The van der Waals surface area contributed by atoms with Crippen LogP contribution in [-0.4, -0.2) is 27.4 Å². The second-order valence-electron chi connectivity index (χ2n) is 4.02. The minimum Gasteiger partial charge on any atom is -0.496 e. The molecule has 0 aliphatic heterocycles. The molecule has 18 heavy (non-hydrogen) atoms. The van der Waals surface area contributed by atoms with Crippen molar-refractivity contribution in [3.8, 4) is 11.8 Å². The molecular formula is C14H20N2O2. The summed E-state index contributed by atoms with van der Waals surface area (Å²) in [7, 11) is 3.36. The maximum Gasteiger partial charge on any atom is 0.123 e. The normalized spacial score (nSPS) is 10.1. The Hall–Kier alpha value is -1.57. The van der Waals surface area contributed by atoms with Crippen molar-refractivity contribution in [2.75, 3.05) is 27.4 Å². The molecule has 0 fully saturated rings. The number of methoxy groups -OCH3 is 2. The lowest BCUT2D eigenvalue weighted by atomic mass is 10.1. The molecule has 0 heterocycles. The van der Waals surface area contributed by atoms with E-state index in [1.54, 1.807) is 20.3 Å². The Labute approximate surface area is 109 Å². The number of nitrogens with one attached hydrogen (secondary N) is 1. The van der Waals surface area contributed by atoms with Crippen molar-refractivity contribution in [3.63, 3.8) is 0 Å². The molecule has 1 rings (SSSR count). The lowest BCUT2D eigenvalue weighted by molar-refractivity contribution is 0.192. The topological polar surface area (TPSA) is 54.3 Å². The third-order valence-electron chi connectivity index (χ3n) is 2.68. The van der Waals surface area contributed by atoms with Gasteiger partial charge in [0.05, 0.1) is 18.7 Å². The summed E-state index contributed by atoms with van der Waals surface area (Å²) in [5, 5.41) is 12.2. The molecule has 0 saturated heterocycles. The molecule has 0 unspecified atom stereocenters. The molecule has 4 heteroatoms. The van der Waals surface area contributed by atoms with Gasteiger partial charge in [-0.25, -0.2) is 0 Å². The zero-order valence-electron chi connectivity index (χ0n) is 11.0. The second kappa shape index (κ2) is 8.51. The predicted octanol–water partition coefficient (Wildman–Crippen LogP) is 2.08. The van der Waals surface area contributed by atoms with E-state index >= 15 is 0 Å². The van der Waals surface area contributed by atoms with Gasteiger partial charge in [0.2, 0.25) is 0 Å². The molecule has 0 saturated carbocycles. The van der Waals surface area contributed by atoms with Crippen LogP contribution in [0.4, 0.5) is 0 Å². The van der Waals surface area contributed by atoms with Gasteiger partial charge in [-0.15, -0.1) is 0 Å². The van der Waals surface area contributed by atoms with Crippen molar-refractivity contribution in [2.45, 2.75) is 19.4 Å². The van der Waals surface area contributed by atoms with Crippen LogP contribution in [0, 0.1) is 11.3 Å². The minimum absolute atomic E-state index is 0.659. The van der Waals surface area contributed by atoms with Crippen LogP contribution in [0.15, 0.2) is 18.2 Å². The first-order valence-corrected chi connectivity index (χ1v) is 6.08. The SMILES string of the molecule is COCCCCNCc1cc(C#N)ccc1OC. The van der Waals surface area contributed by atoms with Crippen LogP contribution in [0.1, 0.15) is 24.0 Å². The third-order valence-corrected chi connectivity index (χ3v) is 2.68. The second-order valence-corrected chi connectivity index (χ2v) is 4.02. The van der Waals surface area contributed by atoms with Crippen molar-refractivity contribution in [2.24, 2.45) is 0 Å². The van der Waals surface area contributed by atoms with E-state index in [1.807, 2.05) is 12.1 Å². The number of benzene rings is 1. The third kappa shape index (κ3) is 4.74. The zero-order chi connectivity index (χ0) is 13.2. The average molecular weight is 248 g/mol. The van der Waals surface area contributed by atoms with Crippen LogP contribution < -0.4 is 10.1 Å². The van der Waals surface area contributed by atoms with E-state index in [2.05, 4.69) is 11.4 Å². The Bertz CT molecular complexity index is 399. The van der Waals surface area contributed by atoms with E-state index in [9.17, 15) is 0 Å². The highest BCUT2D eigenvalue weighted by molar-refractivity contribution is 5.41. The van der Waals surface area contributed by atoms with Crippen LogP contribution in [0.5, 0.6) is 5.75 Å². The van der Waals surface area contributed by atoms with Gasteiger partial charge >= 0.3 is 0 Å².